The van der Waals surface area contributed by atoms with Gasteiger partial charge in [0.1, 0.15) is 17.4 Å². The van der Waals surface area contributed by atoms with Gasteiger partial charge in [0.2, 0.25) is 0 Å². The van der Waals surface area contributed by atoms with E-state index in [0.29, 0.717) is 12.4 Å². The van der Waals surface area contributed by atoms with E-state index in [1.165, 1.54) is 0 Å². The van der Waals surface area contributed by atoms with Crippen molar-refractivity contribution in [3.8, 4) is 5.75 Å². The quantitative estimate of drug-likeness (QED) is 0.591. The number of ether oxygens (including phenoxy) is 2. The highest BCUT2D eigenvalue weighted by molar-refractivity contribution is 5.92. The predicted molar refractivity (Wildman–Crippen MR) is 99.9 cm³/mol. The van der Waals surface area contributed by atoms with Gasteiger partial charge in [0.05, 0.1) is 24.2 Å². The number of nitrogens with one attached hydrogen (secondary N) is 2. The Morgan fingerprint density at radius 1 is 1.35 bits per heavy atom. The molecule has 0 saturated carbocycles. The molecule has 0 bridgehead atoms. The molecule has 1 saturated heterocycles. The molecule has 1 aromatic carbocycles. The molecule has 2 N–H and O–H groups in total. The molecule has 132 valence electrons. The maximum Gasteiger partial charge on any atom is 0.178 e. The average Bonchev–Trinajstić information content (AvgIpc) is 3.37. The summed E-state index contributed by atoms with van der Waals surface area (Å²) in [5.41, 5.74) is 3.78. The number of pyridine rings is 1. The SMILES string of the molecule is Cn1cc(OC2CCOC2)c2ccc(Nc3n[nH]c4cccnc34)cc21. The third kappa shape index (κ3) is 2.57. The molecule has 3 aromatic heterocycles. The van der Waals surface area contributed by atoms with Crippen molar-refractivity contribution in [2.45, 2.75) is 12.5 Å². The van der Waals surface area contributed by atoms with Crippen LogP contribution < -0.4 is 10.1 Å². The van der Waals surface area contributed by atoms with Gasteiger partial charge in [-0.05, 0) is 30.3 Å². The van der Waals surface area contributed by atoms with E-state index in [1.807, 2.05) is 31.4 Å². The van der Waals surface area contributed by atoms with Crippen LogP contribution in [0.2, 0.25) is 0 Å². The summed E-state index contributed by atoms with van der Waals surface area (Å²) in [5.74, 6) is 1.62. The van der Waals surface area contributed by atoms with Gasteiger partial charge in [-0.15, -0.1) is 0 Å². The molecule has 7 nitrogen and oxygen atoms in total. The summed E-state index contributed by atoms with van der Waals surface area (Å²) < 4.78 is 13.6. The number of nitrogens with zero attached hydrogens (tertiary/aromatic N) is 3. The zero-order valence-electron chi connectivity index (χ0n) is 14.4. The fraction of sp³-hybridized carbons (Fsp3) is 0.263. The Labute approximate surface area is 149 Å². The Morgan fingerprint density at radius 2 is 2.31 bits per heavy atom. The topological polar surface area (TPSA) is 77.0 Å². The molecule has 7 heteroatoms. The van der Waals surface area contributed by atoms with Crippen molar-refractivity contribution in [1.29, 1.82) is 0 Å². The summed E-state index contributed by atoms with van der Waals surface area (Å²) in [6.45, 7) is 1.43. The third-order valence-electron chi connectivity index (χ3n) is 4.72. The number of anilines is 2. The smallest absolute Gasteiger partial charge is 0.178 e. The van der Waals surface area contributed by atoms with E-state index in [4.69, 9.17) is 9.47 Å². The van der Waals surface area contributed by atoms with E-state index in [0.717, 1.165) is 46.4 Å². The summed E-state index contributed by atoms with van der Waals surface area (Å²) >= 11 is 0. The highest BCUT2D eigenvalue weighted by atomic mass is 16.5. The minimum Gasteiger partial charge on any atom is -0.486 e. The standard InChI is InChI=1S/C19H19N5O2/c1-24-10-17(26-13-6-8-25-11-13)14-5-4-12(9-16(14)24)21-19-18-15(22-23-19)3-2-7-20-18/h2-5,7,9-10,13H,6,8,11H2,1H3,(H2,21,22,23). The van der Waals surface area contributed by atoms with Crippen LogP contribution in [-0.2, 0) is 11.8 Å². The first-order chi connectivity index (χ1) is 12.8. The molecule has 1 atom stereocenters. The summed E-state index contributed by atoms with van der Waals surface area (Å²) in [4.78, 5) is 4.39. The number of hydrogen-bond donors (Lipinski definition) is 2. The van der Waals surface area contributed by atoms with Crippen LogP contribution in [0.15, 0.2) is 42.7 Å². The second-order valence-corrected chi connectivity index (χ2v) is 6.54. The Morgan fingerprint density at radius 3 is 3.19 bits per heavy atom. The molecular formula is C19H19N5O2. The second kappa shape index (κ2) is 6.03. The van der Waals surface area contributed by atoms with Crippen molar-refractivity contribution in [2.75, 3.05) is 18.5 Å². The van der Waals surface area contributed by atoms with E-state index >= 15 is 0 Å². The van der Waals surface area contributed by atoms with Gasteiger partial charge >= 0.3 is 0 Å². The van der Waals surface area contributed by atoms with Gasteiger partial charge < -0.3 is 19.4 Å². The molecule has 26 heavy (non-hydrogen) atoms. The van der Waals surface area contributed by atoms with Crippen LogP contribution in [0.25, 0.3) is 21.9 Å². The number of aryl methyl sites for hydroxylation is 1. The van der Waals surface area contributed by atoms with Crippen molar-refractivity contribution in [3.05, 3.63) is 42.7 Å². The number of aromatic nitrogens is 4. The minimum absolute atomic E-state index is 0.139. The maximum absolute atomic E-state index is 6.12. The number of benzene rings is 1. The first-order valence-electron chi connectivity index (χ1n) is 8.67. The largest absolute Gasteiger partial charge is 0.486 e. The van der Waals surface area contributed by atoms with Crippen LogP contribution in [-0.4, -0.2) is 39.1 Å². The molecule has 1 aliphatic heterocycles. The van der Waals surface area contributed by atoms with Crippen LogP contribution in [0.1, 0.15) is 6.42 Å². The second-order valence-electron chi connectivity index (χ2n) is 6.54. The van der Waals surface area contributed by atoms with Crippen molar-refractivity contribution in [3.63, 3.8) is 0 Å². The van der Waals surface area contributed by atoms with Gasteiger partial charge in [-0.2, -0.15) is 5.10 Å². The van der Waals surface area contributed by atoms with E-state index < -0.39 is 0 Å². The summed E-state index contributed by atoms with van der Waals surface area (Å²) in [5, 5.41) is 11.8. The lowest BCUT2D eigenvalue weighted by molar-refractivity contribution is 0.142. The maximum atomic E-state index is 6.12. The normalized spacial score (nSPS) is 17.2. The Hall–Kier alpha value is -3.06. The van der Waals surface area contributed by atoms with Crippen LogP contribution in [0, 0.1) is 0 Å². The zero-order chi connectivity index (χ0) is 17.5. The Balaban J connectivity index is 1.47. The highest BCUT2D eigenvalue weighted by Crippen LogP contribution is 2.32. The van der Waals surface area contributed by atoms with Crippen molar-refractivity contribution in [2.24, 2.45) is 7.05 Å². The number of H-pyrrole nitrogens is 1. The van der Waals surface area contributed by atoms with E-state index in [9.17, 15) is 0 Å². The molecule has 5 rings (SSSR count). The van der Waals surface area contributed by atoms with Gasteiger partial charge in [0.25, 0.3) is 0 Å². The molecule has 1 fully saturated rings. The summed E-state index contributed by atoms with van der Waals surface area (Å²) in [6, 6.07) is 10.0. The van der Waals surface area contributed by atoms with E-state index in [1.54, 1.807) is 6.20 Å². The molecule has 0 radical (unpaired) electrons. The molecule has 0 spiro atoms. The van der Waals surface area contributed by atoms with Gasteiger partial charge in [0.15, 0.2) is 5.82 Å². The van der Waals surface area contributed by atoms with Crippen LogP contribution >= 0.6 is 0 Å². The van der Waals surface area contributed by atoms with Crippen molar-refractivity contribution in [1.82, 2.24) is 19.7 Å². The van der Waals surface area contributed by atoms with Gasteiger partial charge in [-0.1, -0.05) is 0 Å². The van der Waals surface area contributed by atoms with E-state index in [2.05, 4.69) is 37.2 Å². The number of aromatic amines is 1. The average molecular weight is 349 g/mol. The monoisotopic (exact) mass is 349 g/mol. The minimum atomic E-state index is 0.139. The van der Waals surface area contributed by atoms with Crippen molar-refractivity contribution >= 4 is 33.4 Å². The van der Waals surface area contributed by atoms with Crippen LogP contribution in [0.5, 0.6) is 5.75 Å². The third-order valence-corrected chi connectivity index (χ3v) is 4.72. The molecule has 4 aromatic rings. The predicted octanol–water partition coefficient (Wildman–Crippen LogP) is 3.36. The molecular weight excluding hydrogens is 330 g/mol. The van der Waals surface area contributed by atoms with E-state index in [-0.39, 0.29) is 6.10 Å². The fourth-order valence-electron chi connectivity index (χ4n) is 3.38. The fourth-order valence-corrected chi connectivity index (χ4v) is 3.38. The number of hydrogen-bond acceptors (Lipinski definition) is 5. The molecule has 0 amide bonds. The van der Waals surface area contributed by atoms with Gasteiger partial charge in [-0.3, -0.25) is 10.1 Å². The lowest BCUT2D eigenvalue weighted by Crippen LogP contribution is -2.15. The zero-order valence-corrected chi connectivity index (χ0v) is 14.4. The first kappa shape index (κ1) is 15.2. The lowest BCUT2D eigenvalue weighted by Gasteiger charge is -2.10. The summed E-state index contributed by atoms with van der Waals surface area (Å²) in [7, 11) is 2.02. The van der Waals surface area contributed by atoms with Gasteiger partial charge in [0, 0.05) is 36.9 Å². The van der Waals surface area contributed by atoms with Crippen LogP contribution in [0.4, 0.5) is 11.5 Å². The van der Waals surface area contributed by atoms with Gasteiger partial charge in [-0.25, -0.2) is 0 Å². The lowest BCUT2D eigenvalue weighted by atomic mass is 10.2. The summed E-state index contributed by atoms with van der Waals surface area (Å²) in [6.07, 6.45) is 4.87. The van der Waals surface area contributed by atoms with Crippen LogP contribution in [0.3, 0.4) is 0 Å². The number of rotatable bonds is 4. The number of fused-ring (bicyclic) bond motifs is 2. The first-order valence-corrected chi connectivity index (χ1v) is 8.67. The molecule has 0 aliphatic carbocycles. The Kier molecular flexibility index (Phi) is 3.53. The van der Waals surface area contributed by atoms with Crippen molar-refractivity contribution < 1.29 is 9.47 Å². The molecule has 1 aliphatic rings. The Bertz CT molecular complexity index is 1080. The molecule has 1 unspecified atom stereocenters. The molecule has 4 heterocycles. The highest BCUT2D eigenvalue weighted by Gasteiger charge is 2.19.